The van der Waals surface area contributed by atoms with Crippen LogP contribution in [-0.4, -0.2) is 22.3 Å². The van der Waals surface area contributed by atoms with Crippen LogP contribution in [-0.2, 0) is 0 Å². The van der Waals surface area contributed by atoms with Crippen molar-refractivity contribution in [2.75, 3.05) is 0 Å². The van der Waals surface area contributed by atoms with Gasteiger partial charge < -0.3 is 0 Å². The van der Waals surface area contributed by atoms with Gasteiger partial charge in [-0.3, -0.25) is 9.89 Å². The molecular formula is C17H13BrN4OS. The number of rotatable bonds is 5. The maximum atomic E-state index is 12.0. The lowest BCUT2D eigenvalue weighted by Crippen LogP contribution is -2.17. The molecule has 120 valence electrons. The summed E-state index contributed by atoms with van der Waals surface area (Å²) >= 11 is 4.97. The first-order valence-corrected chi connectivity index (χ1v) is 8.74. The van der Waals surface area contributed by atoms with Crippen LogP contribution in [0.1, 0.15) is 16.1 Å². The number of carbonyl (C=O) groups is 1. The number of hydrogen-bond donors (Lipinski definition) is 2. The van der Waals surface area contributed by atoms with E-state index < -0.39 is 0 Å². The van der Waals surface area contributed by atoms with Crippen molar-refractivity contribution in [1.82, 2.24) is 15.6 Å². The van der Waals surface area contributed by atoms with Crippen molar-refractivity contribution in [3.8, 4) is 10.6 Å². The van der Waals surface area contributed by atoms with Crippen molar-refractivity contribution in [3.05, 3.63) is 69.7 Å². The number of nitrogens with zero attached hydrogens (tertiary/aromatic N) is 2. The summed E-state index contributed by atoms with van der Waals surface area (Å²) in [6.07, 6.45) is 3.43. The van der Waals surface area contributed by atoms with Gasteiger partial charge in [-0.25, -0.2) is 5.43 Å². The third-order valence-electron chi connectivity index (χ3n) is 3.06. The average molecular weight is 401 g/mol. The van der Waals surface area contributed by atoms with E-state index in [9.17, 15) is 4.79 Å². The van der Waals surface area contributed by atoms with Gasteiger partial charge in [0.15, 0.2) is 5.69 Å². The molecule has 1 amide bonds. The number of thiophene rings is 1. The van der Waals surface area contributed by atoms with Crippen LogP contribution in [0.25, 0.3) is 16.6 Å². The minimum Gasteiger partial charge on any atom is -0.276 e. The molecule has 5 nitrogen and oxygen atoms in total. The molecule has 24 heavy (non-hydrogen) atoms. The third kappa shape index (κ3) is 4.27. The zero-order valence-corrected chi connectivity index (χ0v) is 14.8. The van der Waals surface area contributed by atoms with Crippen molar-refractivity contribution in [2.45, 2.75) is 0 Å². The summed E-state index contributed by atoms with van der Waals surface area (Å²) in [6.45, 7) is 0. The van der Waals surface area contributed by atoms with E-state index in [0.29, 0.717) is 5.69 Å². The number of benzene rings is 1. The first-order chi connectivity index (χ1) is 11.7. The van der Waals surface area contributed by atoms with Gasteiger partial charge in [0, 0.05) is 4.48 Å². The molecule has 1 aromatic carbocycles. The van der Waals surface area contributed by atoms with Crippen LogP contribution in [0.3, 0.4) is 0 Å². The molecule has 3 aromatic rings. The SMILES string of the molecule is O=C(N/N=C\C(Br)=C\c1ccccc1)c1cc(-c2cccs2)[nH]n1. The molecule has 0 bridgehead atoms. The predicted molar refractivity (Wildman–Crippen MR) is 101 cm³/mol. The molecule has 0 saturated carbocycles. The van der Waals surface area contributed by atoms with Gasteiger partial charge in [-0.15, -0.1) is 11.3 Å². The lowest BCUT2D eigenvalue weighted by molar-refractivity contribution is 0.0950. The Hall–Kier alpha value is -2.51. The number of H-pyrrole nitrogens is 1. The smallest absolute Gasteiger partial charge is 0.276 e. The summed E-state index contributed by atoms with van der Waals surface area (Å²) in [6, 6.07) is 15.4. The zero-order valence-electron chi connectivity index (χ0n) is 12.4. The maximum Gasteiger partial charge on any atom is 0.291 e. The van der Waals surface area contributed by atoms with Crippen LogP contribution in [0.4, 0.5) is 0 Å². The summed E-state index contributed by atoms with van der Waals surface area (Å²) < 4.78 is 0.746. The molecule has 0 unspecified atom stereocenters. The number of carbonyl (C=O) groups excluding carboxylic acids is 1. The van der Waals surface area contributed by atoms with Gasteiger partial charge in [0.25, 0.3) is 5.91 Å². The van der Waals surface area contributed by atoms with Crippen LogP contribution in [0.15, 0.2) is 63.5 Å². The van der Waals surface area contributed by atoms with Crippen LogP contribution >= 0.6 is 27.3 Å². The van der Waals surface area contributed by atoms with E-state index in [1.54, 1.807) is 17.4 Å². The highest BCUT2D eigenvalue weighted by Gasteiger charge is 2.10. The maximum absolute atomic E-state index is 12.0. The lowest BCUT2D eigenvalue weighted by Gasteiger charge is -1.95. The number of nitrogens with one attached hydrogen (secondary N) is 2. The first-order valence-electron chi connectivity index (χ1n) is 7.07. The van der Waals surface area contributed by atoms with Crippen LogP contribution in [0.5, 0.6) is 0 Å². The molecule has 3 rings (SSSR count). The Kier molecular flexibility index (Phi) is 5.35. The molecule has 7 heteroatoms. The van der Waals surface area contributed by atoms with Gasteiger partial charge in [-0.2, -0.15) is 10.2 Å². The summed E-state index contributed by atoms with van der Waals surface area (Å²) in [5.41, 5.74) is 4.59. The van der Waals surface area contributed by atoms with Crippen molar-refractivity contribution in [1.29, 1.82) is 0 Å². The highest BCUT2D eigenvalue weighted by atomic mass is 79.9. The van der Waals surface area contributed by atoms with E-state index in [0.717, 1.165) is 20.6 Å². The molecule has 0 saturated heterocycles. The fourth-order valence-electron chi connectivity index (χ4n) is 1.95. The summed E-state index contributed by atoms with van der Waals surface area (Å²) in [5, 5.41) is 12.7. The molecule has 0 aliphatic carbocycles. The van der Waals surface area contributed by atoms with E-state index in [2.05, 4.69) is 36.7 Å². The quantitative estimate of drug-likeness (QED) is 0.495. The number of hydrogen-bond acceptors (Lipinski definition) is 4. The zero-order chi connectivity index (χ0) is 16.8. The van der Waals surface area contributed by atoms with E-state index in [-0.39, 0.29) is 5.91 Å². The van der Waals surface area contributed by atoms with Crippen molar-refractivity contribution in [3.63, 3.8) is 0 Å². The number of allylic oxidation sites excluding steroid dienone is 1. The molecule has 0 spiro atoms. The minimum atomic E-state index is -0.370. The van der Waals surface area contributed by atoms with Crippen molar-refractivity contribution < 1.29 is 4.79 Å². The molecule has 2 N–H and O–H groups in total. The van der Waals surface area contributed by atoms with Crippen LogP contribution < -0.4 is 5.43 Å². The summed E-state index contributed by atoms with van der Waals surface area (Å²) in [7, 11) is 0. The van der Waals surface area contributed by atoms with Gasteiger partial charge in [0.05, 0.1) is 16.8 Å². The second-order valence-corrected chi connectivity index (χ2v) is 6.65. The van der Waals surface area contributed by atoms with E-state index >= 15 is 0 Å². The molecule has 0 aliphatic rings. The van der Waals surface area contributed by atoms with Crippen molar-refractivity contribution >= 4 is 45.5 Å². The van der Waals surface area contributed by atoms with Crippen molar-refractivity contribution in [2.24, 2.45) is 5.10 Å². The normalized spacial score (nSPS) is 11.8. The minimum absolute atomic E-state index is 0.290. The molecule has 2 heterocycles. The second-order valence-electron chi connectivity index (χ2n) is 4.78. The Labute approximate surface area is 151 Å². The van der Waals surface area contributed by atoms with Gasteiger partial charge in [-0.1, -0.05) is 36.4 Å². The Morgan fingerprint density at radius 2 is 2.08 bits per heavy atom. The molecule has 0 aliphatic heterocycles. The van der Waals surface area contributed by atoms with Gasteiger partial charge in [0.1, 0.15) is 0 Å². The Bertz CT molecular complexity index is 869. The highest BCUT2D eigenvalue weighted by Crippen LogP contribution is 2.22. The number of aromatic nitrogens is 2. The number of aromatic amines is 1. The highest BCUT2D eigenvalue weighted by molar-refractivity contribution is 9.12. The van der Waals surface area contributed by atoms with Gasteiger partial charge in [0.2, 0.25) is 0 Å². The Morgan fingerprint density at radius 1 is 1.25 bits per heavy atom. The second kappa shape index (κ2) is 7.85. The monoisotopic (exact) mass is 400 g/mol. The summed E-state index contributed by atoms with van der Waals surface area (Å²) in [4.78, 5) is 13.1. The average Bonchev–Trinajstić information content (AvgIpc) is 3.27. The number of hydrazone groups is 1. The number of halogens is 1. The molecule has 0 radical (unpaired) electrons. The summed E-state index contributed by atoms with van der Waals surface area (Å²) in [5.74, 6) is -0.370. The van der Waals surface area contributed by atoms with Gasteiger partial charge in [-0.05, 0) is 45.1 Å². The first kappa shape index (κ1) is 16.4. The van der Waals surface area contributed by atoms with Crippen LogP contribution in [0.2, 0.25) is 0 Å². The topological polar surface area (TPSA) is 70.1 Å². The van der Waals surface area contributed by atoms with Crippen LogP contribution in [0, 0.1) is 0 Å². The lowest BCUT2D eigenvalue weighted by atomic mass is 10.2. The Morgan fingerprint density at radius 3 is 2.83 bits per heavy atom. The van der Waals surface area contributed by atoms with E-state index in [1.807, 2.05) is 53.9 Å². The largest absolute Gasteiger partial charge is 0.291 e. The Balaban J connectivity index is 1.60. The molecule has 0 atom stereocenters. The number of amides is 1. The van der Waals surface area contributed by atoms with Gasteiger partial charge >= 0.3 is 0 Å². The fourth-order valence-corrected chi connectivity index (χ4v) is 3.01. The third-order valence-corrected chi connectivity index (χ3v) is 4.39. The molecule has 0 fully saturated rings. The standard InChI is InChI=1S/C17H13BrN4OS/c18-13(9-12-5-2-1-3-6-12)11-19-22-17(23)15-10-14(20-21-15)16-7-4-8-24-16/h1-11H,(H,20,21)(H,22,23)/b13-9-,19-11-. The molecule has 2 aromatic heterocycles. The van der Waals surface area contributed by atoms with E-state index in [4.69, 9.17) is 0 Å². The molecular weight excluding hydrogens is 388 g/mol. The fraction of sp³-hybridized carbons (Fsp3) is 0. The van der Waals surface area contributed by atoms with E-state index in [1.165, 1.54) is 6.21 Å². The predicted octanol–water partition coefficient (Wildman–Crippen LogP) is 4.29.